The number of piperidine rings is 1. The molecule has 2 rings (SSSR count). The number of rotatable bonds is 4. The minimum atomic E-state index is -0.287. The van der Waals surface area contributed by atoms with Crippen LogP contribution in [0, 0.1) is 5.92 Å². The van der Waals surface area contributed by atoms with E-state index >= 15 is 0 Å². The molecule has 0 aromatic heterocycles. The Kier molecular flexibility index (Phi) is 5.29. The Morgan fingerprint density at radius 1 is 1.55 bits per heavy atom. The lowest BCUT2D eigenvalue weighted by molar-refractivity contribution is 0.103. The molecule has 1 heterocycles. The lowest BCUT2D eigenvalue weighted by Gasteiger charge is -2.37. The molecule has 0 radical (unpaired) electrons. The second-order valence-electron chi connectivity index (χ2n) is 5.23. The number of anilines is 1. The summed E-state index contributed by atoms with van der Waals surface area (Å²) in [5, 5.41) is 10.1. The van der Waals surface area contributed by atoms with Crippen LogP contribution in [0.15, 0.2) is 23.1 Å². The van der Waals surface area contributed by atoms with Crippen molar-refractivity contribution in [3.63, 3.8) is 0 Å². The molecular weight excluding hydrogens is 288 g/mol. The summed E-state index contributed by atoms with van der Waals surface area (Å²) in [6, 6.07) is 6.16. The molecule has 3 N–H and O–H groups in total. The van der Waals surface area contributed by atoms with Crippen LogP contribution in [0.5, 0.6) is 0 Å². The van der Waals surface area contributed by atoms with E-state index in [2.05, 4.69) is 30.9 Å². The molecule has 2 unspecified atom stereocenters. The number of thioether (sulfide) groups is 1. The molecule has 1 aliphatic rings. The minimum absolute atomic E-state index is 0.287. The van der Waals surface area contributed by atoms with Gasteiger partial charge in [-0.15, -0.1) is 11.8 Å². The van der Waals surface area contributed by atoms with Crippen LogP contribution in [-0.4, -0.2) is 35.0 Å². The highest BCUT2D eigenvalue weighted by Gasteiger charge is 2.26. The van der Waals surface area contributed by atoms with E-state index in [9.17, 15) is 5.11 Å². The summed E-state index contributed by atoms with van der Waals surface area (Å²) >= 11 is 7.00. The van der Waals surface area contributed by atoms with Crippen LogP contribution in [-0.2, 0) is 0 Å². The van der Waals surface area contributed by atoms with E-state index in [0.717, 1.165) is 34.9 Å². The summed E-state index contributed by atoms with van der Waals surface area (Å²) in [4.78, 5) is 3.77. The largest absolute Gasteiger partial charge is 0.391 e. The Hall–Kier alpha value is -0.780. The van der Waals surface area contributed by atoms with Gasteiger partial charge in [0.05, 0.1) is 6.10 Å². The Bertz CT molecular complexity index is 493. The third kappa shape index (κ3) is 3.27. The van der Waals surface area contributed by atoms with Crippen LogP contribution in [0.2, 0.25) is 0 Å². The highest BCUT2D eigenvalue weighted by Crippen LogP contribution is 2.33. The first-order valence-corrected chi connectivity index (χ1v) is 8.42. The van der Waals surface area contributed by atoms with Gasteiger partial charge in [-0.2, -0.15) is 0 Å². The van der Waals surface area contributed by atoms with Gasteiger partial charge in [0.25, 0.3) is 0 Å². The molecule has 0 saturated carbocycles. The van der Waals surface area contributed by atoms with Gasteiger partial charge in [0.1, 0.15) is 4.99 Å². The molecule has 110 valence electrons. The number of thiocarbonyl (C=S) groups is 1. The van der Waals surface area contributed by atoms with Crippen molar-refractivity contribution >= 4 is 34.7 Å². The number of benzene rings is 1. The topological polar surface area (TPSA) is 49.5 Å². The fourth-order valence-corrected chi connectivity index (χ4v) is 3.70. The SMILES string of the molecule is CCSc1cccc(N2CCC(C)C(O)C2)c1C(N)=S. The molecule has 1 aromatic rings. The van der Waals surface area contributed by atoms with Crippen molar-refractivity contribution in [1.82, 2.24) is 0 Å². The lowest BCUT2D eigenvalue weighted by Crippen LogP contribution is -2.43. The van der Waals surface area contributed by atoms with Gasteiger partial charge in [-0.05, 0) is 30.2 Å². The zero-order valence-electron chi connectivity index (χ0n) is 12.0. The van der Waals surface area contributed by atoms with Gasteiger partial charge < -0.3 is 15.7 Å². The Morgan fingerprint density at radius 2 is 2.30 bits per heavy atom. The van der Waals surface area contributed by atoms with Gasteiger partial charge in [0, 0.05) is 29.2 Å². The first kappa shape index (κ1) is 15.6. The molecule has 0 aliphatic carbocycles. The number of aliphatic hydroxyl groups is 1. The maximum Gasteiger partial charge on any atom is 0.107 e. The molecule has 2 atom stereocenters. The van der Waals surface area contributed by atoms with E-state index < -0.39 is 0 Å². The molecule has 5 heteroatoms. The monoisotopic (exact) mass is 310 g/mol. The van der Waals surface area contributed by atoms with Gasteiger partial charge in [-0.3, -0.25) is 0 Å². The molecular formula is C15H22N2OS2. The number of hydrogen-bond donors (Lipinski definition) is 2. The van der Waals surface area contributed by atoms with Crippen LogP contribution < -0.4 is 10.6 Å². The predicted molar refractivity (Wildman–Crippen MR) is 90.7 cm³/mol. The zero-order chi connectivity index (χ0) is 14.7. The second kappa shape index (κ2) is 6.78. The van der Waals surface area contributed by atoms with E-state index in [1.807, 2.05) is 6.07 Å². The van der Waals surface area contributed by atoms with Crippen molar-refractivity contribution in [3.05, 3.63) is 23.8 Å². The Morgan fingerprint density at radius 3 is 2.90 bits per heavy atom. The summed E-state index contributed by atoms with van der Waals surface area (Å²) in [6.07, 6.45) is 0.703. The third-order valence-electron chi connectivity index (χ3n) is 3.81. The Labute approximate surface area is 130 Å². The van der Waals surface area contributed by atoms with Gasteiger partial charge in [0.2, 0.25) is 0 Å². The number of nitrogens with two attached hydrogens (primary N) is 1. The van der Waals surface area contributed by atoms with Crippen molar-refractivity contribution in [2.75, 3.05) is 23.7 Å². The normalized spacial score (nSPS) is 22.9. The van der Waals surface area contributed by atoms with Crippen molar-refractivity contribution in [3.8, 4) is 0 Å². The van der Waals surface area contributed by atoms with Crippen LogP contribution in [0.1, 0.15) is 25.8 Å². The summed E-state index contributed by atoms with van der Waals surface area (Å²) in [5.41, 5.74) is 7.96. The van der Waals surface area contributed by atoms with Crippen LogP contribution in [0.25, 0.3) is 0 Å². The van der Waals surface area contributed by atoms with Crippen molar-refractivity contribution in [2.45, 2.75) is 31.3 Å². The van der Waals surface area contributed by atoms with Gasteiger partial charge >= 0.3 is 0 Å². The maximum atomic E-state index is 10.1. The number of aliphatic hydroxyl groups excluding tert-OH is 1. The number of hydrogen-bond acceptors (Lipinski definition) is 4. The lowest BCUT2D eigenvalue weighted by atomic mass is 9.95. The average Bonchev–Trinajstić information content (AvgIpc) is 2.42. The zero-order valence-corrected chi connectivity index (χ0v) is 13.6. The second-order valence-corrected chi connectivity index (χ2v) is 6.97. The minimum Gasteiger partial charge on any atom is -0.391 e. The smallest absolute Gasteiger partial charge is 0.107 e. The summed E-state index contributed by atoms with van der Waals surface area (Å²) in [6.45, 7) is 5.80. The third-order valence-corrected chi connectivity index (χ3v) is 4.95. The molecule has 0 amide bonds. The summed E-state index contributed by atoms with van der Waals surface area (Å²) < 4.78 is 0. The standard InChI is InChI=1S/C15H22N2OS2/c1-3-20-13-6-4-5-11(14(13)15(16)19)17-8-7-10(2)12(18)9-17/h4-6,10,12,18H,3,7-9H2,1-2H3,(H2,16,19). The quantitative estimate of drug-likeness (QED) is 0.661. The van der Waals surface area contributed by atoms with Crippen molar-refractivity contribution in [2.24, 2.45) is 11.7 Å². The average molecular weight is 310 g/mol. The Balaban J connectivity index is 2.35. The highest BCUT2D eigenvalue weighted by molar-refractivity contribution is 7.99. The summed E-state index contributed by atoms with van der Waals surface area (Å²) in [5.74, 6) is 1.34. The van der Waals surface area contributed by atoms with E-state index in [1.54, 1.807) is 11.8 Å². The molecule has 0 spiro atoms. The van der Waals surface area contributed by atoms with Crippen LogP contribution in [0.4, 0.5) is 5.69 Å². The molecule has 1 aromatic carbocycles. The van der Waals surface area contributed by atoms with E-state index in [-0.39, 0.29) is 6.10 Å². The fraction of sp³-hybridized carbons (Fsp3) is 0.533. The van der Waals surface area contributed by atoms with Gasteiger partial charge in [-0.1, -0.05) is 32.1 Å². The van der Waals surface area contributed by atoms with E-state index in [1.165, 1.54) is 0 Å². The maximum absolute atomic E-state index is 10.1. The molecule has 1 aliphatic heterocycles. The highest BCUT2D eigenvalue weighted by atomic mass is 32.2. The molecule has 0 bridgehead atoms. The predicted octanol–water partition coefficient (Wildman–Crippen LogP) is 2.64. The summed E-state index contributed by atoms with van der Waals surface area (Å²) in [7, 11) is 0. The van der Waals surface area contributed by atoms with E-state index in [4.69, 9.17) is 18.0 Å². The number of β-amino-alcohol motifs (C(OH)–C–C–N with tert-alkyl or cyclic N) is 1. The van der Waals surface area contributed by atoms with Crippen molar-refractivity contribution in [1.29, 1.82) is 0 Å². The number of nitrogens with zero attached hydrogens (tertiary/aromatic N) is 1. The van der Waals surface area contributed by atoms with Gasteiger partial charge in [-0.25, -0.2) is 0 Å². The first-order chi connectivity index (χ1) is 9.54. The molecule has 20 heavy (non-hydrogen) atoms. The molecule has 1 fully saturated rings. The first-order valence-electron chi connectivity index (χ1n) is 7.03. The van der Waals surface area contributed by atoms with E-state index in [0.29, 0.717) is 17.5 Å². The molecule has 3 nitrogen and oxygen atoms in total. The van der Waals surface area contributed by atoms with Crippen molar-refractivity contribution < 1.29 is 5.11 Å². The van der Waals surface area contributed by atoms with Crippen LogP contribution >= 0.6 is 24.0 Å². The fourth-order valence-electron chi connectivity index (χ4n) is 2.57. The van der Waals surface area contributed by atoms with Crippen LogP contribution in [0.3, 0.4) is 0 Å². The molecule has 1 saturated heterocycles. The van der Waals surface area contributed by atoms with Gasteiger partial charge in [0.15, 0.2) is 0 Å².